The molecule has 0 aliphatic carbocycles. The summed E-state index contributed by atoms with van der Waals surface area (Å²) in [5.41, 5.74) is 0. The van der Waals surface area contributed by atoms with Gasteiger partial charge in [0.05, 0.1) is 6.07 Å². The molecule has 108 valence electrons. The number of nitrogens with zero attached hydrogens (tertiary/aromatic N) is 2. The Morgan fingerprint density at radius 2 is 2.10 bits per heavy atom. The lowest BCUT2D eigenvalue weighted by Gasteiger charge is -2.30. The number of likely N-dealkylation sites (N-methyl/N-ethyl adjacent to an activating group) is 1. The zero-order valence-electron chi connectivity index (χ0n) is 12.0. The van der Waals surface area contributed by atoms with Crippen LogP contribution in [0.3, 0.4) is 0 Å². The maximum absolute atomic E-state index is 8.54. The van der Waals surface area contributed by atoms with E-state index in [0.717, 1.165) is 44.0 Å². The molecule has 1 unspecified atom stereocenters. The summed E-state index contributed by atoms with van der Waals surface area (Å²) in [6.07, 6.45) is 2.76. The van der Waals surface area contributed by atoms with Gasteiger partial charge in [0.1, 0.15) is 12.7 Å². The van der Waals surface area contributed by atoms with Crippen LogP contribution in [-0.2, 0) is 0 Å². The average molecular weight is 274 g/mol. The standard InChI is InChI=1S/C16H22N2O2/c1-2-18(11-7-3-6-10-17)12-14-13-19-15-8-4-5-9-16(15)20-14/h4-5,8-9,14H,2-3,6-7,11-13H2,1H3. The van der Waals surface area contributed by atoms with Crippen molar-refractivity contribution in [1.29, 1.82) is 5.26 Å². The molecule has 20 heavy (non-hydrogen) atoms. The van der Waals surface area contributed by atoms with E-state index in [0.29, 0.717) is 13.0 Å². The van der Waals surface area contributed by atoms with E-state index >= 15 is 0 Å². The predicted molar refractivity (Wildman–Crippen MR) is 77.9 cm³/mol. The van der Waals surface area contributed by atoms with Gasteiger partial charge in [0, 0.05) is 13.0 Å². The highest BCUT2D eigenvalue weighted by atomic mass is 16.6. The van der Waals surface area contributed by atoms with Gasteiger partial charge in [0.2, 0.25) is 0 Å². The van der Waals surface area contributed by atoms with Crippen molar-refractivity contribution in [3.63, 3.8) is 0 Å². The third kappa shape index (κ3) is 4.14. The molecule has 1 atom stereocenters. The van der Waals surface area contributed by atoms with Crippen LogP contribution in [0.25, 0.3) is 0 Å². The van der Waals surface area contributed by atoms with Crippen molar-refractivity contribution >= 4 is 0 Å². The van der Waals surface area contributed by atoms with Crippen molar-refractivity contribution in [2.75, 3.05) is 26.2 Å². The Morgan fingerprint density at radius 3 is 2.85 bits per heavy atom. The molecule has 0 N–H and O–H groups in total. The van der Waals surface area contributed by atoms with Crippen LogP contribution >= 0.6 is 0 Å². The first-order valence-corrected chi connectivity index (χ1v) is 7.31. The zero-order chi connectivity index (χ0) is 14.2. The Labute approximate surface area is 120 Å². The maximum Gasteiger partial charge on any atom is 0.161 e. The van der Waals surface area contributed by atoms with E-state index in [1.807, 2.05) is 24.3 Å². The Kier molecular flexibility index (Phi) is 5.69. The molecule has 1 aromatic carbocycles. The molecule has 1 aromatic rings. The van der Waals surface area contributed by atoms with Gasteiger partial charge < -0.3 is 9.47 Å². The molecule has 1 aliphatic rings. The molecule has 4 heteroatoms. The summed E-state index contributed by atoms with van der Waals surface area (Å²) in [5, 5.41) is 8.54. The number of ether oxygens (including phenoxy) is 2. The van der Waals surface area contributed by atoms with E-state index < -0.39 is 0 Å². The maximum atomic E-state index is 8.54. The Hall–Kier alpha value is -1.73. The third-order valence-electron chi connectivity index (χ3n) is 3.49. The molecule has 0 fully saturated rings. The molecule has 0 bridgehead atoms. The summed E-state index contributed by atoms with van der Waals surface area (Å²) in [6, 6.07) is 9.99. The van der Waals surface area contributed by atoms with Crippen LogP contribution in [0.15, 0.2) is 24.3 Å². The quantitative estimate of drug-likeness (QED) is 0.717. The zero-order valence-corrected chi connectivity index (χ0v) is 12.0. The topological polar surface area (TPSA) is 45.5 Å². The summed E-state index contributed by atoms with van der Waals surface area (Å²) >= 11 is 0. The first-order chi connectivity index (χ1) is 9.83. The largest absolute Gasteiger partial charge is 0.486 e. The molecule has 0 saturated heterocycles. The third-order valence-corrected chi connectivity index (χ3v) is 3.49. The number of hydrogen-bond donors (Lipinski definition) is 0. The lowest BCUT2D eigenvalue weighted by Crippen LogP contribution is -2.41. The van der Waals surface area contributed by atoms with Crippen LogP contribution in [-0.4, -0.2) is 37.2 Å². The minimum absolute atomic E-state index is 0.0841. The number of unbranched alkanes of at least 4 members (excludes halogenated alkanes) is 2. The second-order valence-corrected chi connectivity index (χ2v) is 5.01. The first-order valence-electron chi connectivity index (χ1n) is 7.31. The fourth-order valence-electron chi connectivity index (χ4n) is 2.36. The van der Waals surface area contributed by atoms with Gasteiger partial charge in [-0.15, -0.1) is 0 Å². The molecule has 0 spiro atoms. The molecule has 1 aliphatic heterocycles. The molecule has 0 aromatic heterocycles. The van der Waals surface area contributed by atoms with Crippen molar-refractivity contribution in [2.45, 2.75) is 32.3 Å². The van der Waals surface area contributed by atoms with Gasteiger partial charge in [-0.25, -0.2) is 0 Å². The average Bonchev–Trinajstić information content (AvgIpc) is 2.50. The molecule has 0 radical (unpaired) electrons. The number of nitriles is 1. The normalized spacial score (nSPS) is 16.9. The highest BCUT2D eigenvalue weighted by molar-refractivity contribution is 5.40. The van der Waals surface area contributed by atoms with Gasteiger partial charge >= 0.3 is 0 Å². The number of rotatable bonds is 7. The molecule has 1 heterocycles. The van der Waals surface area contributed by atoms with Gasteiger partial charge in [-0.2, -0.15) is 5.26 Å². The Morgan fingerprint density at radius 1 is 1.30 bits per heavy atom. The SMILES string of the molecule is CCN(CCCCC#N)CC1COc2ccccc2O1. The fraction of sp³-hybridized carbons (Fsp3) is 0.562. The predicted octanol–water partition coefficient (Wildman–Crippen LogP) is 2.84. The number of para-hydroxylation sites is 2. The highest BCUT2D eigenvalue weighted by Gasteiger charge is 2.22. The van der Waals surface area contributed by atoms with Crippen molar-refractivity contribution in [2.24, 2.45) is 0 Å². The fourth-order valence-corrected chi connectivity index (χ4v) is 2.36. The van der Waals surface area contributed by atoms with E-state index in [1.165, 1.54) is 0 Å². The van der Waals surface area contributed by atoms with Gasteiger partial charge in [0.25, 0.3) is 0 Å². The molecular weight excluding hydrogens is 252 g/mol. The van der Waals surface area contributed by atoms with E-state index in [2.05, 4.69) is 17.9 Å². The lowest BCUT2D eigenvalue weighted by atomic mass is 10.2. The summed E-state index contributed by atoms with van der Waals surface area (Å²) in [5.74, 6) is 1.67. The van der Waals surface area contributed by atoms with E-state index in [4.69, 9.17) is 14.7 Å². The van der Waals surface area contributed by atoms with E-state index in [-0.39, 0.29) is 6.10 Å². The molecule has 0 saturated carbocycles. The molecule has 2 rings (SSSR count). The number of hydrogen-bond acceptors (Lipinski definition) is 4. The molecule has 4 nitrogen and oxygen atoms in total. The van der Waals surface area contributed by atoms with Gasteiger partial charge in [-0.05, 0) is 38.1 Å². The van der Waals surface area contributed by atoms with Crippen LogP contribution in [0.4, 0.5) is 0 Å². The smallest absolute Gasteiger partial charge is 0.161 e. The highest BCUT2D eigenvalue weighted by Crippen LogP contribution is 2.30. The van der Waals surface area contributed by atoms with Crippen LogP contribution < -0.4 is 9.47 Å². The van der Waals surface area contributed by atoms with Gasteiger partial charge in [-0.1, -0.05) is 19.1 Å². The summed E-state index contributed by atoms with van der Waals surface area (Å²) in [4.78, 5) is 2.36. The van der Waals surface area contributed by atoms with Crippen molar-refractivity contribution < 1.29 is 9.47 Å². The second kappa shape index (κ2) is 7.76. The summed E-state index contributed by atoms with van der Waals surface area (Å²) in [6.45, 7) is 5.64. The van der Waals surface area contributed by atoms with Crippen LogP contribution in [0, 0.1) is 11.3 Å². The Balaban J connectivity index is 1.79. The lowest BCUT2D eigenvalue weighted by molar-refractivity contribution is 0.0597. The monoisotopic (exact) mass is 274 g/mol. The van der Waals surface area contributed by atoms with Crippen LogP contribution in [0.1, 0.15) is 26.2 Å². The summed E-state index contributed by atoms with van der Waals surface area (Å²) in [7, 11) is 0. The van der Waals surface area contributed by atoms with Crippen molar-refractivity contribution in [3.8, 4) is 17.6 Å². The summed E-state index contributed by atoms with van der Waals surface area (Å²) < 4.78 is 11.7. The van der Waals surface area contributed by atoms with E-state index in [9.17, 15) is 0 Å². The Bertz CT molecular complexity index is 456. The molecular formula is C16H22N2O2. The van der Waals surface area contributed by atoms with Gasteiger partial charge in [0.15, 0.2) is 11.5 Å². The van der Waals surface area contributed by atoms with Crippen LogP contribution in [0.2, 0.25) is 0 Å². The minimum atomic E-state index is 0.0841. The minimum Gasteiger partial charge on any atom is -0.486 e. The van der Waals surface area contributed by atoms with Crippen molar-refractivity contribution in [3.05, 3.63) is 24.3 Å². The first kappa shape index (κ1) is 14.7. The number of fused-ring (bicyclic) bond motifs is 1. The van der Waals surface area contributed by atoms with Crippen LogP contribution in [0.5, 0.6) is 11.5 Å². The van der Waals surface area contributed by atoms with E-state index in [1.54, 1.807) is 0 Å². The number of benzene rings is 1. The second-order valence-electron chi connectivity index (χ2n) is 5.01. The molecule has 0 amide bonds. The van der Waals surface area contributed by atoms with Crippen molar-refractivity contribution in [1.82, 2.24) is 4.90 Å². The van der Waals surface area contributed by atoms with Gasteiger partial charge in [-0.3, -0.25) is 4.90 Å².